The van der Waals surface area contributed by atoms with Gasteiger partial charge in [0.1, 0.15) is 7.11 Å². The highest BCUT2D eigenvalue weighted by atomic mass is 17.1. The number of quaternary nitrogens is 1. The van der Waals surface area contributed by atoms with E-state index >= 15 is 0 Å². The minimum atomic E-state index is -1.78. The maximum Gasteiger partial charge on any atom is 0.174 e. The molecule has 0 bridgehead atoms. The standard InChI is InChI=1S/C9H20N2O4/c1-8(2)6-7(11(13,14)15-5)9(3,4)10(8)12/h7,12-13H,6H2,1-5H3. The van der Waals surface area contributed by atoms with Gasteiger partial charge in [-0.2, -0.15) is 15.1 Å². The second kappa shape index (κ2) is 3.38. The lowest BCUT2D eigenvalue weighted by molar-refractivity contribution is -1.23. The van der Waals surface area contributed by atoms with Crippen molar-refractivity contribution < 1.29 is 20.2 Å². The van der Waals surface area contributed by atoms with Gasteiger partial charge in [-0.15, -0.1) is 0 Å². The third-order valence-corrected chi connectivity index (χ3v) is 3.28. The lowest BCUT2D eigenvalue weighted by Gasteiger charge is -2.41. The van der Waals surface area contributed by atoms with E-state index in [1.165, 1.54) is 0 Å². The van der Waals surface area contributed by atoms with Crippen molar-refractivity contribution >= 4 is 0 Å². The van der Waals surface area contributed by atoms with Gasteiger partial charge in [-0.3, -0.25) is 0 Å². The van der Waals surface area contributed by atoms with E-state index in [4.69, 9.17) is 0 Å². The number of nitrogens with zero attached hydrogens (tertiary/aromatic N) is 2. The Bertz CT molecular complexity index is 252. The highest BCUT2D eigenvalue weighted by molar-refractivity contribution is 5.02. The average Bonchev–Trinajstić information content (AvgIpc) is 2.27. The van der Waals surface area contributed by atoms with Crippen molar-refractivity contribution in [3.05, 3.63) is 5.21 Å². The Labute approximate surface area is 89.7 Å². The summed E-state index contributed by atoms with van der Waals surface area (Å²) in [5.74, 6) is 0. The lowest BCUT2D eigenvalue weighted by Crippen LogP contribution is -2.58. The van der Waals surface area contributed by atoms with E-state index in [9.17, 15) is 15.6 Å². The van der Waals surface area contributed by atoms with Gasteiger partial charge in [-0.05, 0) is 27.7 Å². The van der Waals surface area contributed by atoms with Crippen molar-refractivity contribution in [3.63, 3.8) is 0 Å². The predicted octanol–water partition coefficient (Wildman–Crippen LogP) is 1.27. The van der Waals surface area contributed by atoms with Crippen LogP contribution in [0.15, 0.2) is 0 Å². The Balaban J connectivity index is 3.04. The SMILES string of the molecule is CO[N+]([O-])(O)C1CC(C)(C)N(O)C1(C)C. The lowest BCUT2D eigenvalue weighted by atomic mass is 9.95. The minimum absolute atomic E-state index is 0.352. The number of rotatable bonds is 2. The third-order valence-electron chi connectivity index (χ3n) is 3.28. The largest absolute Gasteiger partial charge is 0.564 e. The molecule has 2 N–H and O–H groups in total. The Morgan fingerprint density at radius 1 is 1.40 bits per heavy atom. The van der Waals surface area contributed by atoms with Gasteiger partial charge in [0.2, 0.25) is 0 Å². The highest BCUT2D eigenvalue weighted by Crippen LogP contribution is 2.43. The molecule has 0 spiro atoms. The monoisotopic (exact) mass is 220 g/mol. The molecule has 0 amide bonds. The maximum absolute atomic E-state index is 11.7. The molecule has 0 saturated carbocycles. The summed E-state index contributed by atoms with van der Waals surface area (Å²) in [4.78, 5) is 2.71. The second-order valence-corrected chi connectivity index (χ2v) is 5.24. The van der Waals surface area contributed by atoms with E-state index in [1.54, 1.807) is 13.8 Å². The first-order valence-corrected chi connectivity index (χ1v) is 4.93. The summed E-state index contributed by atoms with van der Waals surface area (Å²) in [5, 5.41) is 32.2. The zero-order valence-corrected chi connectivity index (χ0v) is 9.89. The Morgan fingerprint density at radius 2 is 1.87 bits per heavy atom. The van der Waals surface area contributed by atoms with Crippen LogP contribution in [0.2, 0.25) is 0 Å². The number of hydroxylamine groups is 5. The first-order chi connectivity index (χ1) is 6.55. The van der Waals surface area contributed by atoms with Crippen LogP contribution in [0.1, 0.15) is 34.1 Å². The van der Waals surface area contributed by atoms with E-state index < -0.39 is 22.1 Å². The van der Waals surface area contributed by atoms with Crippen molar-refractivity contribution in [1.29, 1.82) is 0 Å². The van der Waals surface area contributed by atoms with Crippen LogP contribution < -0.4 is 0 Å². The summed E-state index contributed by atoms with van der Waals surface area (Å²) in [6, 6.07) is -0.748. The van der Waals surface area contributed by atoms with Gasteiger partial charge in [0.15, 0.2) is 6.04 Å². The first kappa shape index (κ1) is 12.8. The molecule has 1 saturated heterocycles. The molecule has 0 aliphatic carbocycles. The first-order valence-electron chi connectivity index (χ1n) is 4.93. The molecule has 1 aliphatic heterocycles. The second-order valence-electron chi connectivity index (χ2n) is 5.24. The predicted molar refractivity (Wildman–Crippen MR) is 52.6 cm³/mol. The van der Waals surface area contributed by atoms with Crippen LogP contribution in [0, 0.1) is 5.21 Å². The van der Waals surface area contributed by atoms with Crippen LogP contribution in [0.4, 0.5) is 0 Å². The smallest absolute Gasteiger partial charge is 0.174 e. The van der Waals surface area contributed by atoms with Crippen molar-refractivity contribution in [2.75, 3.05) is 7.11 Å². The average molecular weight is 220 g/mol. The van der Waals surface area contributed by atoms with Gasteiger partial charge in [0, 0.05) is 12.0 Å². The molecule has 6 heteroatoms. The van der Waals surface area contributed by atoms with Crippen LogP contribution in [-0.4, -0.2) is 44.7 Å². The maximum atomic E-state index is 11.7. The molecule has 0 radical (unpaired) electrons. The van der Waals surface area contributed by atoms with Crippen molar-refractivity contribution in [3.8, 4) is 0 Å². The summed E-state index contributed by atoms with van der Waals surface area (Å²) < 4.78 is 0. The molecule has 1 aliphatic rings. The van der Waals surface area contributed by atoms with Crippen molar-refractivity contribution in [2.45, 2.75) is 51.2 Å². The fourth-order valence-electron chi connectivity index (χ4n) is 2.37. The zero-order valence-electron chi connectivity index (χ0n) is 9.89. The third kappa shape index (κ3) is 1.89. The van der Waals surface area contributed by atoms with Gasteiger partial charge >= 0.3 is 0 Å². The highest BCUT2D eigenvalue weighted by Gasteiger charge is 2.59. The summed E-state index contributed by atoms with van der Waals surface area (Å²) in [7, 11) is 1.15. The molecule has 6 nitrogen and oxygen atoms in total. The molecule has 15 heavy (non-hydrogen) atoms. The molecule has 1 heterocycles. The summed E-state index contributed by atoms with van der Waals surface area (Å²) in [6.07, 6.45) is 0.352. The van der Waals surface area contributed by atoms with Crippen molar-refractivity contribution in [1.82, 2.24) is 5.06 Å². The molecular formula is C9H20N2O4. The van der Waals surface area contributed by atoms with Crippen molar-refractivity contribution in [2.24, 2.45) is 0 Å². The van der Waals surface area contributed by atoms with Gasteiger partial charge < -0.3 is 10.4 Å². The minimum Gasteiger partial charge on any atom is -0.564 e. The fraction of sp³-hybridized carbons (Fsp3) is 1.00. The Kier molecular flexibility index (Phi) is 2.89. The fourth-order valence-corrected chi connectivity index (χ4v) is 2.37. The Hall–Kier alpha value is -0.240. The molecule has 0 aromatic carbocycles. The molecule has 1 fully saturated rings. The van der Waals surface area contributed by atoms with E-state index in [1.807, 2.05) is 13.8 Å². The zero-order chi connectivity index (χ0) is 12.1. The van der Waals surface area contributed by atoms with Gasteiger partial charge in [0.05, 0.1) is 5.54 Å². The van der Waals surface area contributed by atoms with Crippen LogP contribution in [0.5, 0.6) is 0 Å². The van der Waals surface area contributed by atoms with Crippen LogP contribution in [0.25, 0.3) is 0 Å². The molecule has 1 rings (SSSR count). The van der Waals surface area contributed by atoms with E-state index in [0.29, 0.717) is 6.42 Å². The van der Waals surface area contributed by atoms with E-state index in [2.05, 4.69) is 4.84 Å². The van der Waals surface area contributed by atoms with E-state index in [-0.39, 0.29) is 0 Å². The van der Waals surface area contributed by atoms with Crippen LogP contribution in [-0.2, 0) is 4.84 Å². The van der Waals surface area contributed by atoms with E-state index in [0.717, 1.165) is 12.2 Å². The quantitative estimate of drug-likeness (QED) is 0.541. The molecule has 2 unspecified atom stereocenters. The molecular weight excluding hydrogens is 200 g/mol. The van der Waals surface area contributed by atoms with Gasteiger partial charge in [0.25, 0.3) is 0 Å². The summed E-state index contributed by atoms with van der Waals surface area (Å²) in [6.45, 7) is 7.02. The van der Waals surface area contributed by atoms with Gasteiger partial charge in [-0.25, -0.2) is 0 Å². The molecule has 90 valence electrons. The molecule has 0 aromatic rings. The normalized spacial score (nSPS) is 34.0. The topological polar surface area (TPSA) is 76.0 Å². The van der Waals surface area contributed by atoms with Crippen LogP contribution >= 0.6 is 0 Å². The summed E-state index contributed by atoms with van der Waals surface area (Å²) >= 11 is 0. The molecule has 0 aromatic heterocycles. The van der Waals surface area contributed by atoms with Gasteiger partial charge in [-0.1, -0.05) is 4.97 Å². The van der Waals surface area contributed by atoms with Crippen LogP contribution in [0.3, 0.4) is 0 Å². The number of hydrogen-bond acceptors (Lipinski definition) is 5. The summed E-state index contributed by atoms with van der Waals surface area (Å²) in [5.41, 5.74) is -1.39. The number of hydrogen-bond donors (Lipinski definition) is 2. The Morgan fingerprint density at radius 3 is 2.13 bits per heavy atom. The molecule has 2 atom stereocenters.